The van der Waals surface area contributed by atoms with E-state index in [0.29, 0.717) is 19.8 Å². The summed E-state index contributed by atoms with van der Waals surface area (Å²) in [6, 6.07) is 14.4. The second-order valence-corrected chi connectivity index (χ2v) is 6.19. The molecule has 0 bridgehead atoms. The molecule has 1 N–H and O–H groups in total. The average molecular weight is 354 g/mol. The summed E-state index contributed by atoms with van der Waals surface area (Å²) in [6.45, 7) is 8.28. The average Bonchev–Trinajstić information content (AvgIpc) is 2.98. The molecule has 1 heterocycles. The van der Waals surface area contributed by atoms with Crippen molar-refractivity contribution in [2.24, 2.45) is 0 Å². The highest BCUT2D eigenvalue weighted by Gasteiger charge is 2.15. The van der Waals surface area contributed by atoms with Crippen molar-refractivity contribution in [2.45, 2.75) is 33.4 Å². The van der Waals surface area contributed by atoms with Crippen LogP contribution in [0.5, 0.6) is 0 Å². The number of hydrogen-bond donors (Lipinski definition) is 1. The maximum atomic E-state index is 12.4. The summed E-state index contributed by atoms with van der Waals surface area (Å²) in [5, 5.41) is 5.29. The van der Waals surface area contributed by atoms with Gasteiger partial charge in [-0.2, -0.15) is 0 Å². The summed E-state index contributed by atoms with van der Waals surface area (Å²) in [4.78, 5) is 12.4. The number of nitrogens with one attached hydrogen (secondary N) is 1. The van der Waals surface area contributed by atoms with Crippen molar-refractivity contribution >= 4 is 33.4 Å². The molecule has 0 saturated heterocycles. The van der Waals surface area contributed by atoms with Crippen LogP contribution in [0, 0.1) is 0 Å². The van der Waals surface area contributed by atoms with E-state index in [-0.39, 0.29) is 5.91 Å². The zero-order valence-corrected chi connectivity index (χ0v) is 15.6. The Balaban J connectivity index is 1.79. The second kappa shape index (κ2) is 8.34. The van der Waals surface area contributed by atoms with Gasteiger partial charge in [0.25, 0.3) is 5.91 Å². The first kappa shape index (κ1) is 18.4. The third-order valence-electron chi connectivity index (χ3n) is 4.53. The van der Waals surface area contributed by atoms with Gasteiger partial charge in [-0.15, -0.1) is 0 Å². The van der Waals surface area contributed by atoms with Crippen LogP contribution in [0.2, 0.25) is 0 Å². The normalized spacial score (nSPS) is 12.6. The SMILES string of the molecule is CCOCCOC(C)C(=O)Nc1ccc2c(c1)c1ccccc1n2CC. The van der Waals surface area contributed by atoms with E-state index in [9.17, 15) is 4.79 Å². The Morgan fingerprint density at radius 1 is 1.08 bits per heavy atom. The van der Waals surface area contributed by atoms with Gasteiger partial charge in [0.1, 0.15) is 6.10 Å². The minimum absolute atomic E-state index is 0.153. The minimum Gasteiger partial charge on any atom is -0.379 e. The van der Waals surface area contributed by atoms with Gasteiger partial charge in [0.2, 0.25) is 0 Å². The second-order valence-electron chi connectivity index (χ2n) is 6.19. The van der Waals surface area contributed by atoms with E-state index in [2.05, 4.69) is 41.1 Å². The molecule has 5 heteroatoms. The Kier molecular flexibility index (Phi) is 5.91. The highest BCUT2D eigenvalue weighted by molar-refractivity contribution is 6.09. The molecule has 26 heavy (non-hydrogen) atoms. The van der Waals surface area contributed by atoms with Crippen LogP contribution in [-0.4, -0.2) is 36.4 Å². The number of anilines is 1. The van der Waals surface area contributed by atoms with Crippen molar-refractivity contribution in [3.63, 3.8) is 0 Å². The third-order valence-corrected chi connectivity index (χ3v) is 4.53. The molecule has 3 rings (SSSR count). The predicted molar refractivity (Wildman–Crippen MR) is 106 cm³/mol. The van der Waals surface area contributed by atoms with E-state index < -0.39 is 6.10 Å². The molecular formula is C21H26N2O3. The largest absolute Gasteiger partial charge is 0.379 e. The maximum absolute atomic E-state index is 12.4. The van der Waals surface area contributed by atoms with E-state index >= 15 is 0 Å². The molecule has 0 spiro atoms. The summed E-state index contributed by atoms with van der Waals surface area (Å²) >= 11 is 0. The molecule has 0 aliphatic carbocycles. The third kappa shape index (κ3) is 3.74. The molecule has 0 aliphatic rings. The topological polar surface area (TPSA) is 52.5 Å². The zero-order valence-electron chi connectivity index (χ0n) is 15.6. The van der Waals surface area contributed by atoms with Crippen molar-refractivity contribution in [2.75, 3.05) is 25.1 Å². The summed E-state index contributed by atoms with van der Waals surface area (Å²) in [7, 11) is 0. The number of para-hydroxylation sites is 1. The summed E-state index contributed by atoms with van der Waals surface area (Å²) in [6.07, 6.45) is -0.525. The lowest BCUT2D eigenvalue weighted by atomic mass is 10.1. The van der Waals surface area contributed by atoms with E-state index in [1.165, 1.54) is 16.4 Å². The Bertz CT molecular complexity index is 901. The van der Waals surface area contributed by atoms with Gasteiger partial charge in [-0.25, -0.2) is 0 Å². The molecular weight excluding hydrogens is 328 g/mol. The van der Waals surface area contributed by atoms with Crippen LogP contribution < -0.4 is 5.32 Å². The number of carbonyl (C=O) groups excluding carboxylic acids is 1. The summed E-state index contributed by atoms with van der Waals surface area (Å²) < 4.78 is 13.0. The maximum Gasteiger partial charge on any atom is 0.253 e. The van der Waals surface area contributed by atoms with Crippen LogP contribution in [0.25, 0.3) is 21.8 Å². The van der Waals surface area contributed by atoms with E-state index in [0.717, 1.165) is 17.6 Å². The van der Waals surface area contributed by atoms with Gasteiger partial charge in [-0.1, -0.05) is 18.2 Å². The van der Waals surface area contributed by atoms with Gasteiger partial charge in [-0.05, 0) is 45.0 Å². The van der Waals surface area contributed by atoms with Crippen LogP contribution in [0.15, 0.2) is 42.5 Å². The first-order valence-electron chi connectivity index (χ1n) is 9.16. The Morgan fingerprint density at radius 3 is 2.62 bits per heavy atom. The minimum atomic E-state index is -0.525. The summed E-state index contributed by atoms with van der Waals surface area (Å²) in [5.41, 5.74) is 3.16. The van der Waals surface area contributed by atoms with Crippen LogP contribution in [0.3, 0.4) is 0 Å². The number of fused-ring (bicyclic) bond motifs is 3. The van der Waals surface area contributed by atoms with Gasteiger partial charge in [0.15, 0.2) is 0 Å². The molecule has 0 fully saturated rings. The molecule has 0 saturated carbocycles. The molecule has 1 atom stereocenters. The highest BCUT2D eigenvalue weighted by atomic mass is 16.5. The van der Waals surface area contributed by atoms with Crippen molar-refractivity contribution in [3.8, 4) is 0 Å². The van der Waals surface area contributed by atoms with Gasteiger partial charge >= 0.3 is 0 Å². The quantitative estimate of drug-likeness (QED) is 0.617. The lowest BCUT2D eigenvalue weighted by molar-refractivity contribution is -0.127. The van der Waals surface area contributed by atoms with Crippen molar-refractivity contribution in [3.05, 3.63) is 42.5 Å². The van der Waals surface area contributed by atoms with Crippen LogP contribution in [0.1, 0.15) is 20.8 Å². The number of hydrogen-bond acceptors (Lipinski definition) is 3. The Hall–Kier alpha value is -2.37. The fourth-order valence-electron chi connectivity index (χ4n) is 3.22. The van der Waals surface area contributed by atoms with Crippen LogP contribution in [-0.2, 0) is 20.8 Å². The fourth-order valence-corrected chi connectivity index (χ4v) is 3.22. The van der Waals surface area contributed by atoms with Crippen molar-refractivity contribution in [1.29, 1.82) is 0 Å². The lowest BCUT2D eigenvalue weighted by Crippen LogP contribution is -2.28. The molecule has 1 aromatic heterocycles. The molecule has 138 valence electrons. The molecule has 0 aliphatic heterocycles. The first-order valence-corrected chi connectivity index (χ1v) is 9.16. The summed E-state index contributed by atoms with van der Waals surface area (Å²) in [5.74, 6) is -0.153. The molecule has 1 amide bonds. The number of amides is 1. The predicted octanol–water partition coefficient (Wildman–Crippen LogP) is 4.19. The highest BCUT2D eigenvalue weighted by Crippen LogP contribution is 2.31. The van der Waals surface area contributed by atoms with E-state index in [1.807, 2.05) is 25.1 Å². The van der Waals surface area contributed by atoms with Gasteiger partial charge in [0, 0.05) is 40.6 Å². The van der Waals surface area contributed by atoms with E-state index in [4.69, 9.17) is 9.47 Å². The number of ether oxygens (including phenoxy) is 2. The van der Waals surface area contributed by atoms with Gasteiger partial charge in [0.05, 0.1) is 13.2 Å². The number of aromatic nitrogens is 1. The zero-order chi connectivity index (χ0) is 18.5. The number of rotatable bonds is 8. The molecule has 5 nitrogen and oxygen atoms in total. The molecule has 3 aromatic rings. The first-order chi connectivity index (χ1) is 12.7. The van der Waals surface area contributed by atoms with Crippen LogP contribution >= 0.6 is 0 Å². The lowest BCUT2D eigenvalue weighted by Gasteiger charge is -2.13. The fraction of sp³-hybridized carbons (Fsp3) is 0.381. The van der Waals surface area contributed by atoms with Gasteiger partial charge < -0.3 is 19.4 Å². The van der Waals surface area contributed by atoms with Crippen molar-refractivity contribution in [1.82, 2.24) is 4.57 Å². The Morgan fingerprint density at radius 2 is 1.85 bits per heavy atom. The number of nitrogens with zero attached hydrogens (tertiary/aromatic N) is 1. The number of aryl methyl sites for hydroxylation is 1. The molecule has 1 unspecified atom stereocenters. The van der Waals surface area contributed by atoms with E-state index in [1.54, 1.807) is 6.92 Å². The smallest absolute Gasteiger partial charge is 0.253 e. The van der Waals surface area contributed by atoms with Gasteiger partial charge in [-0.3, -0.25) is 4.79 Å². The number of benzene rings is 2. The molecule has 2 aromatic carbocycles. The number of carbonyl (C=O) groups is 1. The van der Waals surface area contributed by atoms with Crippen molar-refractivity contribution < 1.29 is 14.3 Å². The van der Waals surface area contributed by atoms with Crippen LogP contribution in [0.4, 0.5) is 5.69 Å². The Labute approximate surface area is 153 Å². The standard InChI is InChI=1S/C21H26N2O3/c1-4-23-19-9-7-6-8-17(19)18-14-16(10-11-20(18)23)22-21(24)15(3)26-13-12-25-5-2/h6-11,14-15H,4-5,12-13H2,1-3H3,(H,22,24). The molecule has 0 radical (unpaired) electrons. The monoisotopic (exact) mass is 354 g/mol.